The fourth-order valence-corrected chi connectivity index (χ4v) is 3.71. The molecule has 2 aliphatic heterocycles. The summed E-state index contributed by atoms with van der Waals surface area (Å²) in [5, 5.41) is 0. The lowest BCUT2D eigenvalue weighted by Gasteiger charge is -2.34. The van der Waals surface area contributed by atoms with Gasteiger partial charge in [-0.05, 0) is 12.8 Å². The molecule has 3 aliphatic rings. The molecule has 1 saturated carbocycles. The maximum absolute atomic E-state index is 12.5. The standard InChI is InChI=1S/C15H22N4O4/c16-14(22)17-6-7-18-11(8-17)13(21)19(15(18)23)9-12(20)10-4-2-1-3-5-10/h10-11H,1-9H2,(H2,16,22). The maximum atomic E-state index is 12.5. The van der Waals surface area contributed by atoms with Gasteiger partial charge in [0.1, 0.15) is 6.04 Å². The summed E-state index contributed by atoms with van der Waals surface area (Å²) in [6.07, 6.45) is 4.89. The van der Waals surface area contributed by atoms with Crippen molar-refractivity contribution in [3.63, 3.8) is 0 Å². The van der Waals surface area contributed by atoms with Gasteiger partial charge in [-0.1, -0.05) is 19.3 Å². The van der Waals surface area contributed by atoms with E-state index in [0.717, 1.165) is 37.0 Å². The lowest BCUT2D eigenvalue weighted by Crippen LogP contribution is -2.55. The maximum Gasteiger partial charge on any atom is 0.327 e. The third-order valence-corrected chi connectivity index (χ3v) is 5.09. The quantitative estimate of drug-likeness (QED) is 0.747. The molecular weight excluding hydrogens is 300 g/mol. The number of fused-ring (bicyclic) bond motifs is 1. The predicted octanol–water partition coefficient (Wildman–Crippen LogP) is 0.163. The molecule has 1 aliphatic carbocycles. The van der Waals surface area contributed by atoms with Gasteiger partial charge in [0.15, 0.2) is 5.78 Å². The third kappa shape index (κ3) is 2.89. The summed E-state index contributed by atoms with van der Waals surface area (Å²) >= 11 is 0. The summed E-state index contributed by atoms with van der Waals surface area (Å²) < 4.78 is 0. The van der Waals surface area contributed by atoms with Gasteiger partial charge in [-0.2, -0.15) is 0 Å². The van der Waals surface area contributed by atoms with Crippen molar-refractivity contribution < 1.29 is 19.2 Å². The smallest absolute Gasteiger partial charge is 0.327 e. The van der Waals surface area contributed by atoms with Crippen molar-refractivity contribution in [2.24, 2.45) is 11.7 Å². The molecule has 0 aromatic carbocycles. The molecule has 2 N–H and O–H groups in total. The topological polar surface area (TPSA) is 104 Å². The number of amides is 5. The van der Waals surface area contributed by atoms with Crippen LogP contribution in [0.2, 0.25) is 0 Å². The summed E-state index contributed by atoms with van der Waals surface area (Å²) in [7, 11) is 0. The van der Waals surface area contributed by atoms with Gasteiger partial charge in [0.05, 0.1) is 13.1 Å². The Hall–Kier alpha value is -2.12. The summed E-state index contributed by atoms with van der Waals surface area (Å²) in [4.78, 5) is 52.3. The third-order valence-electron chi connectivity index (χ3n) is 5.09. The van der Waals surface area contributed by atoms with Crippen molar-refractivity contribution >= 4 is 23.8 Å². The molecule has 8 nitrogen and oxygen atoms in total. The highest BCUT2D eigenvalue weighted by atomic mass is 16.2. The van der Waals surface area contributed by atoms with E-state index in [1.807, 2.05) is 0 Å². The second kappa shape index (κ2) is 6.17. The first-order valence-electron chi connectivity index (χ1n) is 8.18. The van der Waals surface area contributed by atoms with Crippen LogP contribution in [0.5, 0.6) is 0 Å². The van der Waals surface area contributed by atoms with E-state index < -0.39 is 24.0 Å². The minimum absolute atomic E-state index is 0.0296. The highest BCUT2D eigenvalue weighted by Gasteiger charge is 2.48. The van der Waals surface area contributed by atoms with E-state index in [4.69, 9.17) is 5.73 Å². The normalized spacial score (nSPS) is 25.7. The van der Waals surface area contributed by atoms with E-state index in [-0.39, 0.29) is 31.3 Å². The van der Waals surface area contributed by atoms with E-state index in [1.165, 1.54) is 9.80 Å². The minimum Gasteiger partial charge on any atom is -0.351 e. The van der Waals surface area contributed by atoms with Crippen LogP contribution in [0.4, 0.5) is 9.59 Å². The van der Waals surface area contributed by atoms with Crippen LogP contribution < -0.4 is 5.73 Å². The van der Waals surface area contributed by atoms with E-state index in [9.17, 15) is 19.2 Å². The molecule has 1 unspecified atom stereocenters. The summed E-state index contributed by atoms with van der Waals surface area (Å²) in [5.41, 5.74) is 5.25. The zero-order chi connectivity index (χ0) is 16.6. The fraction of sp³-hybridized carbons (Fsp3) is 0.733. The van der Waals surface area contributed by atoms with Crippen LogP contribution in [-0.4, -0.2) is 70.7 Å². The zero-order valence-corrected chi connectivity index (χ0v) is 13.1. The Bertz CT molecular complexity index is 544. The molecule has 2 heterocycles. The van der Waals surface area contributed by atoms with Gasteiger partial charge < -0.3 is 15.5 Å². The number of primary amides is 1. The minimum atomic E-state index is -0.706. The number of hydrogen-bond acceptors (Lipinski definition) is 4. The van der Waals surface area contributed by atoms with Crippen molar-refractivity contribution in [3.8, 4) is 0 Å². The second-order valence-electron chi connectivity index (χ2n) is 6.50. The van der Waals surface area contributed by atoms with Gasteiger partial charge >= 0.3 is 12.1 Å². The molecule has 0 aromatic heterocycles. The Labute approximate surface area is 134 Å². The van der Waals surface area contributed by atoms with Crippen molar-refractivity contribution in [2.45, 2.75) is 38.1 Å². The molecule has 1 atom stereocenters. The second-order valence-corrected chi connectivity index (χ2v) is 6.50. The van der Waals surface area contributed by atoms with Gasteiger partial charge in [0, 0.05) is 19.0 Å². The monoisotopic (exact) mass is 322 g/mol. The van der Waals surface area contributed by atoms with Crippen molar-refractivity contribution in [1.82, 2.24) is 14.7 Å². The predicted molar refractivity (Wildman–Crippen MR) is 80.3 cm³/mol. The number of nitrogens with zero attached hydrogens (tertiary/aromatic N) is 3. The number of ketones is 1. The van der Waals surface area contributed by atoms with Crippen LogP contribution in [0.25, 0.3) is 0 Å². The number of carbonyl (C=O) groups excluding carboxylic acids is 4. The first-order chi connectivity index (χ1) is 11.0. The number of urea groups is 2. The number of piperazine rings is 1. The SMILES string of the molecule is NC(=O)N1CCN2C(=O)N(CC(=O)C3CCCCC3)C(=O)C2C1. The molecule has 23 heavy (non-hydrogen) atoms. The number of hydrogen-bond donors (Lipinski definition) is 1. The first-order valence-corrected chi connectivity index (χ1v) is 8.18. The first kappa shape index (κ1) is 15.8. The van der Waals surface area contributed by atoms with E-state index in [0.29, 0.717) is 6.54 Å². The summed E-state index contributed by atoms with van der Waals surface area (Å²) in [5.74, 6) is -0.466. The number of imide groups is 1. The van der Waals surface area contributed by atoms with E-state index >= 15 is 0 Å². The van der Waals surface area contributed by atoms with Crippen molar-refractivity contribution in [3.05, 3.63) is 0 Å². The Morgan fingerprint density at radius 1 is 1.09 bits per heavy atom. The lowest BCUT2D eigenvalue weighted by molar-refractivity contribution is -0.134. The molecule has 126 valence electrons. The fourth-order valence-electron chi connectivity index (χ4n) is 3.71. The van der Waals surface area contributed by atoms with Crippen molar-refractivity contribution in [1.29, 1.82) is 0 Å². The molecule has 8 heteroatoms. The number of carbonyl (C=O) groups is 4. The lowest BCUT2D eigenvalue weighted by atomic mass is 9.86. The van der Waals surface area contributed by atoms with Crippen LogP contribution in [0.3, 0.4) is 0 Å². The van der Waals surface area contributed by atoms with Gasteiger partial charge in [-0.15, -0.1) is 0 Å². The van der Waals surface area contributed by atoms with Gasteiger partial charge in [0.2, 0.25) is 0 Å². The molecule has 2 saturated heterocycles. The number of rotatable bonds is 3. The van der Waals surface area contributed by atoms with Crippen LogP contribution in [0, 0.1) is 5.92 Å². The Balaban J connectivity index is 1.67. The number of nitrogens with two attached hydrogens (primary N) is 1. The highest BCUT2D eigenvalue weighted by molar-refractivity contribution is 6.07. The zero-order valence-electron chi connectivity index (χ0n) is 13.1. The highest BCUT2D eigenvalue weighted by Crippen LogP contribution is 2.27. The molecule has 0 aromatic rings. The van der Waals surface area contributed by atoms with Crippen LogP contribution >= 0.6 is 0 Å². The van der Waals surface area contributed by atoms with Crippen molar-refractivity contribution in [2.75, 3.05) is 26.2 Å². The van der Waals surface area contributed by atoms with Crippen LogP contribution in [0.1, 0.15) is 32.1 Å². The van der Waals surface area contributed by atoms with E-state index in [1.54, 1.807) is 0 Å². The van der Waals surface area contributed by atoms with Crippen LogP contribution in [-0.2, 0) is 9.59 Å². The van der Waals surface area contributed by atoms with Crippen LogP contribution in [0.15, 0.2) is 0 Å². The molecule has 0 radical (unpaired) electrons. The number of Topliss-reactive ketones (excluding diaryl/α,β-unsaturated/α-hetero) is 1. The molecular formula is C15H22N4O4. The molecule has 0 bridgehead atoms. The molecule has 5 amide bonds. The summed E-state index contributed by atoms with van der Waals surface area (Å²) in [6, 6.07) is -1.72. The average molecular weight is 322 g/mol. The Morgan fingerprint density at radius 3 is 2.43 bits per heavy atom. The molecule has 0 spiro atoms. The van der Waals surface area contributed by atoms with Gasteiger partial charge in [-0.25, -0.2) is 9.59 Å². The average Bonchev–Trinajstić information content (AvgIpc) is 2.80. The van der Waals surface area contributed by atoms with Gasteiger partial charge in [-0.3, -0.25) is 14.5 Å². The molecule has 3 fully saturated rings. The van der Waals surface area contributed by atoms with E-state index in [2.05, 4.69) is 0 Å². The summed E-state index contributed by atoms with van der Waals surface area (Å²) in [6.45, 7) is 0.543. The Kier molecular flexibility index (Phi) is 4.23. The Morgan fingerprint density at radius 2 is 1.78 bits per heavy atom. The largest absolute Gasteiger partial charge is 0.351 e. The molecule has 3 rings (SSSR count). The van der Waals surface area contributed by atoms with Gasteiger partial charge in [0.25, 0.3) is 5.91 Å².